The number of hydrogen-bond acceptors (Lipinski definition) is 2. The predicted molar refractivity (Wildman–Crippen MR) is 59.7 cm³/mol. The van der Waals surface area contributed by atoms with Gasteiger partial charge in [-0.25, -0.2) is 9.18 Å². The van der Waals surface area contributed by atoms with Crippen molar-refractivity contribution in [1.82, 2.24) is 9.78 Å². The molecule has 0 saturated heterocycles. The van der Waals surface area contributed by atoms with Crippen molar-refractivity contribution in [2.45, 2.75) is 6.54 Å². The Labute approximate surface area is 101 Å². The quantitative estimate of drug-likeness (QED) is 0.915. The Bertz CT molecular complexity index is 568. The van der Waals surface area contributed by atoms with Gasteiger partial charge in [0.05, 0.1) is 11.6 Å². The van der Waals surface area contributed by atoms with Gasteiger partial charge < -0.3 is 5.11 Å². The summed E-state index contributed by atoms with van der Waals surface area (Å²) in [7, 11) is 0. The van der Waals surface area contributed by atoms with Gasteiger partial charge in [-0.3, -0.25) is 4.68 Å². The lowest BCUT2D eigenvalue weighted by molar-refractivity contribution is 0.0684. The molecule has 2 aromatic rings. The van der Waals surface area contributed by atoms with E-state index >= 15 is 0 Å². The Morgan fingerprint density at radius 1 is 1.47 bits per heavy atom. The average Bonchev–Trinajstić information content (AvgIpc) is 2.73. The van der Waals surface area contributed by atoms with Crippen LogP contribution in [0, 0.1) is 5.82 Å². The molecule has 0 bridgehead atoms. The topological polar surface area (TPSA) is 55.1 Å². The van der Waals surface area contributed by atoms with Crippen molar-refractivity contribution in [2.24, 2.45) is 0 Å². The van der Waals surface area contributed by atoms with E-state index in [9.17, 15) is 9.18 Å². The molecule has 0 spiro atoms. The fourth-order valence-corrected chi connectivity index (χ4v) is 1.67. The maximum atomic E-state index is 13.6. The SMILES string of the molecule is O=C(O)c1ccnn1Cc1cccc(Cl)c1F. The molecule has 0 fully saturated rings. The highest BCUT2D eigenvalue weighted by atomic mass is 35.5. The Kier molecular flexibility index (Phi) is 3.10. The summed E-state index contributed by atoms with van der Waals surface area (Å²) >= 11 is 5.64. The second-order valence-corrected chi connectivity index (χ2v) is 3.80. The van der Waals surface area contributed by atoms with E-state index in [2.05, 4.69) is 5.10 Å². The Balaban J connectivity index is 2.35. The summed E-state index contributed by atoms with van der Waals surface area (Å²) in [6.07, 6.45) is 1.35. The largest absolute Gasteiger partial charge is 0.477 e. The molecule has 4 nitrogen and oxygen atoms in total. The van der Waals surface area contributed by atoms with Crippen LogP contribution in [0.3, 0.4) is 0 Å². The van der Waals surface area contributed by atoms with E-state index in [4.69, 9.17) is 16.7 Å². The maximum Gasteiger partial charge on any atom is 0.354 e. The highest BCUT2D eigenvalue weighted by Crippen LogP contribution is 2.18. The van der Waals surface area contributed by atoms with Gasteiger partial charge in [0, 0.05) is 11.8 Å². The van der Waals surface area contributed by atoms with Gasteiger partial charge in [0.25, 0.3) is 0 Å². The summed E-state index contributed by atoms with van der Waals surface area (Å²) < 4.78 is 14.8. The van der Waals surface area contributed by atoms with E-state index in [0.717, 1.165) is 0 Å². The number of aromatic nitrogens is 2. The molecule has 0 saturated carbocycles. The molecule has 1 heterocycles. The first-order chi connectivity index (χ1) is 8.09. The van der Waals surface area contributed by atoms with Crippen molar-refractivity contribution in [3.63, 3.8) is 0 Å². The summed E-state index contributed by atoms with van der Waals surface area (Å²) in [5.41, 5.74) is 0.299. The fourth-order valence-electron chi connectivity index (χ4n) is 1.47. The van der Waals surface area contributed by atoms with Gasteiger partial charge in [0.15, 0.2) is 0 Å². The third kappa shape index (κ3) is 2.29. The van der Waals surface area contributed by atoms with Crippen LogP contribution in [-0.2, 0) is 6.54 Å². The molecular weight excluding hydrogens is 247 g/mol. The van der Waals surface area contributed by atoms with Gasteiger partial charge in [-0.05, 0) is 12.1 Å². The summed E-state index contributed by atoms with van der Waals surface area (Å²) in [5.74, 6) is -1.66. The first-order valence-electron chi connectivity index (χ1n) is 4.77. The number of benzene rings is 1. The number of aromatic carboxylic acids is 1. The van der Waals surface area contributed by atoms with Gasteiger partial charge >= 0.3 is 5.97 Å². The molecule has 0 aliphatic rings. The second kappa shape index (κ2) is 4.55. The van der Waals surface area contributed by atoms with Crippen LogP contribution in [0.5, 0.6) is 0 Å². The lowest BCUT2D eigenvalue weighted by Crippen LogP contribution is -2.11. The van der Waals surface area contributed by atoms with Crippen LogP contribution < -0.4 is 0 Å². The van der Waals surface area contributed by atoms with Crippen molar-refractivity contribution in [1.29, 1.82) is 0 Å². The molecule has 88 valence electrons. The summed E-state index contributed by atoms with van der Waals surface area (Å²) in [4.78, 5) is 10.8. The average molecular weight is 255 g/mol. The van der Waals surface area contributed by atoms with Crippen LogP contribution in [0.4, 0.5) is 4.39 Å². The molecule has 2 rings (SSSR count). The molecule has 0 aliphatic carbocycles. The van der Waals surface area contributed by atoms with Crippen LogP contribution >= 0.6 is 11.6 Å². The monoisotopic (exact) mass is 254 g/mol. The second-order valence-electron chi connectivity index (χ2n) is 3.39. The molecule has 0 aliphatic heterocycles. The Hall–Kier alpha value is -1.88. The summed E-state index contributed by atoms with van der Waals surface area (Å²) in [6, 6.07) is 5.92. The van der Waals surface area contributed by atoms with Crippen molar-refractivity contribution < 1.29 is 14.3 Å². The normalized spacial score (nSPS) is 10.5. The van der Waals surface area contributed by atoms with E-state index < -0.39 is 11.8 Å². The van der Waals surface area contributed by atoms with Crippen LogP contribution in [0.25, 0.3) is 0 Å². The van der Waals surface area contributed by atoms with Crippen molar-refractivity contribution in [3.05, 3.63) is 52.6 Å². The van der Waals surface area contributed by atoms with E-state index in [-0.39, 0.29) is 17.3 Å². The number of rotatable bonds is 3. The van der Waals surface area contributed by atoms with Crippen LogP contribution in [0.2, 0.25) is 5.02 Å². The maximum absolute atomic E-state index is 13.6. The molecule has 6 heteroatoms. The number of nitrogens with zero attached hydrogens (tertiary/aromatic N) is 2. The van der Waals surface area contributed by atoms with Gasteiger partial charge in [-0.15, -0.1) is 0 Å². The Morgan fingerprint density at radius 3 is 2.94 bits per heavy atom. The minimum Gasteiger partial charge on any atom is -0.477 e. The fraction of sp³-hybridized carbons (Fsp3) is 0.0909. The third-order valence-corrected chi connectivity index (χ3v) is 2.58. The first-order valence-corrected chi connectivity index (χ1v) is 5.15. The van der Waals surface area contributed by atoms with Gasteiger partial charge in [0.1, 0.15) is 11.5 Å². The molecule has 1 aromatic heterocycles. The smallest absolute Gasteiger partial charge is 0.354 e. The predicted octanol–water partition coefficient (Wildman–Crippen LogP) is 2.42. The Morgan fingerprint density at radius 2 is 2.24 bits per heavy atom. The molecule has 17 heavy (non-hydrogen) atoms. The zero-order valence-corrected chi connectivity index (χ0v) is 9.36. The van der Waals surface area contributed by atoms with Crippen molar-refractivity contribution in [3.8, 4) is 0 Å². The van der Waals surface area contributed by atoms with E-state index in [0.29, 0.717) is 5.56 Å². The van der Waals surface area contributed by atoms with Gasteiger partial charge in [-0.1, -0.05) is 23.7 Å². The van der Waals surface area contributed by atoms with E-state index in [1.807, 2.05) is 0 Å². The third-order valence-electron chi connectivity index (χ3n) is 2.29. The van der Waals surface area contributed by atoms with Crippen LogP contribution in [0.15, 0.2) is 30.5 Å². The number of halogens is 2. The van der Waals surface area contributed by atoms with Crippen LogP contribution in [0.1, 0.15) is 16.1 Å². The van der Waals surface area contributed by atoms with Gasteiger partial charge in [0.2, 0.25) is 0 Å². The number of carbonyl (C=O) groups is 1. The molecular formula is C11H8ClFN2O2. The van der Waals surface area contributed by atoms with E-state index in [1.165, 1.54) is 29.1 Å². The highest BCUT2D eigenvalue weighted by Gasteiger charge is 2.13. The summed E-state index contributed by atoms with van der Waals surface area (Å²) in [6.45, 7) is 0.0288. The lowest BCUT2D eigenvalue weighted by atomic mass is 10.2. The minimum absolute atomic E-state index is 0.00405. The highest BCUT2D eigenvalue weighted by molar-refractivity contribution is 6.30. The van der Waals surface area contributed by atoms with E-state index in [1.54, 1.807) is 6.07 Å². The molecule has 0 radical (unpaired) electrons. The molecule has 0 atom stereocenters. The zero-order valence-electron chi connectivity index (χ0n) is 8.60. The lowest BCUT2D eigenvalue weighted by Gasteiger charge is -2.06. The van der Waals surface area contributed by atoms with Crippen LogP contribution in [-0.4, -0.2) is 20.9 Å². The molecule has 1 N–H and O–H groups in total. The van der Waals surface area contributed by atoms with Crippen molar-refractivity contribution >= 4 is 17.6 Å². The first kappa shape index (κ1) is 11.6. The molecule has 0 unspecified atom stereocenters. The van der Waals surface area contributed by atoms with Gasteiger partial charge in [-0.2, -0.15) is 5.10 Å². The minimum atomic E-state index is -1.11. The standard InChI is InChI=1S/C11H8ClFN2O2/c12-8-3-1-2-7(10(8)13)6-15-9(11(16)17)4-5-14-15/h1-5H,6H2,(H,16,17). The molecule has 1 aromatic carbocycles. The van der Waals surface area contributed by atoms with Crippen molar-refractivity contribution in [2.75, 3.05) is 0 Å². The zero-order chi connectivity index (χ0) is 12.4. The number of carboxylic acid groups (broad SMARTS) is 1. The molecule has 0 amide bonds. The summed E-state index contributed by atoms with van der Waals surface area (Å²) in [5, 5.41) is 12.7. The number of carboxylic acids is 1. The number of hydrogen-bond donors (Lipinski definition) is 1.